The Hall–Kier alpha value is -2.74. The number of fused-ring (bicyclic) bond motifs is 5. The molecule has 2 aliphatic heterocycles. The fourth-order valence-electron chi connectivity index (χ4n) is 5.31. The first kappa shape index (κ1) is 20.2. The maximum Gasteiger partial charge on any atom is 0.343 e. The van der Waals surface area contributed by atoms with Gasteiger partial charge in [-0.15, -0.1) is 12.4 Å². The molecule has 2 aromatic heterocycles. The number of halogens is 1. The maximum absolute atomic E-state index is 13.3. The molecule has 6 rings (SSSR count). The molecule has 0 spiro atoms. The van der Waals surface area contributed by atoms with Crippen LogP contribution in [0.2, 0.25) is 0 Å². The van der Waals surface area contributed by atoms with E-state index in [1.165, 1.54) is 5.56 Å². The summed E-state index contributed by atoms with van der Waals surface area (Å²) in [7, 11) is 0. The van der Waals surface area contributed by atoms with Crippen LogP contribution in [0, 0.1) is 0 Å². The molecular formula is C23H22ClN3O4. The monoisotopic (exact) mass is 439 g/mol. The van der Waals surface area contributed by atoms with Crippen molar-refractivity contribution in [3.8, 4) is 11.4 Å². The molecule has 3 N–H and O–H groups in total. The van der Waals surface area contributed by atoms with Crippen LogP contribution >= 0.6 is 12.4 Å². The fraction of sp³-hybridized carbons (Fsp3) is 0.348. The lowest BCUT2D eigenvalue weighted by molar-refractivity contribution is -0.172. The van der Waals surface area contributed by atoms with Gasteiger partial charge in [0, 0.05) is 22.6 Å². The minimum atomic E-state index is -1.82. The van der Waals surface area contributed by atoms with E-state index in [0.29, 0.717) is 29.1 Å². The van der Waals surface area contributed by atoms with Crippen LogP contribution in [-0.4, -0.2) is 20.6 Å². The molecular weight excluding hydrogens is 418 g/mol. The molecule has 31 heavy (non-hydrogen) atoms. The van der Waals surface area contributed by atoms with E-state index in [4.69, 9.17) is 15.5 Å². The van der Waals surface area contributed by atoms with E-state index >= 15 is 0 Å². The number of esters is 1. The molecule has 3 aliphatic rings. The van der Waals surface area contributed by atoms with Gasteiger partial charge in [-0.1, -0.05) is 19.1 Å². The number of aliphatic hydroxyl groups is 1. The number of pyridine rings is 2. The van der Waals surface area contributed by atoms with Gasteiger partial charge >= 0.3 is 5.97 Å². The fourth-order valence-corrected chi connectivity index (χ4v) is 5.31. The highest BCUT2D eigenvalue weighted by Gasteiger charge is 2.45. The summed E-state index contributed by atoms with van der Waals surface area (Å²) < 4.78 is 6.81. The van der Waals surface area contributed by atoms with Gasteiger partial charge in [-0.25, -0.2) is 9.78 Å². The molecule has 7 nitrogen and oxygen atoms in total. The summed E-state index contributed by atoms with van der Waals surface area (Å²) in [5.41, 5.74) is 10.6. The van der Waals surface area contributed by atoms with Crippen LogP contribution in [0.4, 0.5) is 0 Å². The lowest BCUT2D eigenvalue weighted by atomic mass is 9.84. The van der Waals surface area contributed by atoms with E-state index in [-0.39, 0.29) is 37.0 Å². The maximum atomic E-state index is 13.3. The van der Waals surface area contributed by atoms with E-state index in [2.05, 4.69) is 6.07 Å². The summed E-state index contributed by atoms with van der Waals surface area (Å²) in [6.07, 6.45) is 1.89. The molecule has 0 saturated carbocycles. The summed E-state index contributed by atoms with van der Waals surface area (Å²) in [5, 5.41) is 12.1. The second kappa shape index (κ2) is 6.63. The van der Waals surface area contributed by atoms with Gasteiger partial charge in [0.1, 0.15) is 6.61 Å². The first-order chi connectivity index (χ1) is 14.4. The van der Waals surface area contributed by atoms with Crippen molar-refractivity contribution in [2.45, 2.75) is 51.0 Å². The molecule has 1 unspecified atom stereocenters. The normalized spacial score (nSPS) is 22.9. The molecule has 0 bridgehead atoms. The molecule has 1 aromatic carbocycles. The first-order valence-electron chi connectivity index (χ1n) is 10.3. The van der Waals surface area contributed by atoms with Crippen LogP contribution < -0.4 is 11.3 Å². The third-order valence-electron chi connectivity index (χ3n) is 6.94. The van der Waals surface area contributed by atoms with Crippen LogP contribution in [0.5, 0.6) is 0 Å². The van der Waals surface area contributed by atoms with Crippen molar-refractivity contribution in [3.63, 3.8) is 0 Å². The average molecular weight is 440 g/mol. The van der Waals surface area contributed by atoms with Crippen molar-refractivity contribution in [2.24, 2.45) is 5.73 Å². The SMILES string of the molecule is CC[C@@]1(O)C(=O)OCc2c1cc1n(c2=O)Cc2c-1nc1cccc3c1c2C(N)CC3.Cl. The Morgan fingerprint density at radius 3 is 2.90 bits per heavy atom. The lowest BCUT2D eigenvalue weighted by Gasteiger charge is -2.31. The minimum Gasteiger partial charge on any atom is -0.458 e. The Morgan fingerprint density at radius 2 is 2.13 bits per heavy atom. The highest BCUT2D eigenvalue weighted by atomic mass is 35.5. The smallest absolute Gasteiger partial charge is 0.343 e. The molecule has 160 valence electrons. The van der Waals surface area contributed by atoms with Crippen molar-refractivity contribution in [2.75, 3.05) is 0 Å². The Kier molecular flexibility index (Phi) is 4.31. The number of nitrogens with two attached hydrogens (primary N) is 1. The predicted molar refractivity (Wildman–Crippen MR) is 117 cm³/mol. The number of ether oxygens (including phenoxy) is 1. The second-order valence-electron chi connectivity index (χ2n) is 8.41. The number of hydrogen-bond donors (Lipinski definition) is 2. The molecule has 2 atom stereocenters. The van der Waals surface area contributed by atoms with Crippen LogP contribution in [-0.2, 0) is 34.7 Å². The summed E-state index contributed by atoms with van der Waals surface area (Å²) in [6.45, 7) is 1.96. The average Bonchev–Trinajstić information content (AvgIpc) is 3.12. The number of hydrogen-bond acceptors (Lipinski definition) is 6. The lowest BCUT2D eigenvalue weighted by Crippen LogP contribution is -2.44. The molecule has 3 aromatic rings. The van der Waals surface area contributed by atoms with Crippen molar-refractivity contribution >= 4 is 29.3 Å². The molecule has 0 saturated heterocycles. The van der Waals surface area contributed by atoms with E-state index < -0.39 is 11.6 Å². The van der Waals surface area contributed by atoms with Crippen LogP contribution in [0.25, 0.3) is 22.3 Å². The van der Waals surface area contributed by atoms with Gasteiger partial charge in [0.15, 0.2) is 5.60 Å². The third kappa shape index (κ3) is 2.45. The molecule has 0 radical (unpaired) electrons. The van der Waals surface area contributed by atoms with Gasteiger partial charge in [-0.05, 0) is 42.5 Å². The standard InChI is InChI=1S/C23H21N3O4.ClH/c1-2-23(29)14-8-17-20-12(9-26(17)21(27)13(14)10-30-22(23)28)19-15(24)7-6-11-4-3-5-16(25-20)18(11)19;/h3-5,8,15,29H,2,6-7,9-10,24H2,1H3;1H/t15?,23-;/m0./s1. The number of nitrogens with zero attached hydrogens (tertiary/aromatic N) is 2. The topological polar surface area (TPSA) is 107 Å². The van der Waals surface area contributed by atoms with Crippen LogP contribution in [0.3, 0.4) is 0 Å². The van der Waals surface area contributed by atoms with Crippen LogP contribution in [0.1, 0.15) is 53.6 Å². The van der Waals surface area contributed by atoms with Crippen molar-refractivity contribution in [1.29, 1.82) is 0 Å². The molecule has 8 heteroatoms. The number of benzene rings is 1. The van der Waals surface area contributed by atoms with Gasteiger partial charge in [-0.3, -0.25) is 4.79 Å². The van der Waals surface area contributed by atoms with Gasteiger partial charge < -0.3 is 20.1 Å². The number of rotatable bonds is 1. The van der Waals surface area contributed by atoms with Gasteiger partial charge in [0.05, 0.1) is 29.0 Å². The first-order valence-corrected chi connectivity index (χ1v) is 10.3. The Labute approximate surface area is 184 Å². The van der Waals surface area contributed by atoms with E-state index in [9.17, 15) is 14.7 Å². The Morgan fingerprint density at radius 1 is 1.32 bits per heavy atom. The highest BCUT2D eigenvalue weighted by molar-refractivity contribution is 5.92. The largest absolute Gasteiger partial charge is 0.458 e. The second-order valence-corrected chi connectivity index (χ2v) is 8.41. The van der Waals surface area contributed by atoms with E-state index in [1.54, 1.807) is 17.6 Å². The zero-order valence-corrected chi connectivity index (χ0v) is 17.8. The van der Waals surface area contributed by atoms with Crippen molar-refractivity contribution < 1.29 is 14.6 Å². The minimum absolute atomic E-state index is 0. The van der Waals surface area contributed by atoms with Crippen molar-refractivity contribution in [1.82, 2.24) is 9.55 Å². The molecule has 1 aliphatic carbocycles. The predicted octanol–water partition coefficient (Wildman–Crippen LogP) is 2.45. The number of carbonyl (C=O) groups excluding carboxylic acids is 1. The van der Waals surface area contributed by atoms with Gasteiger partial charge in [0.2, 0.25) is 0 Å². The van der Waals surface area contributed by atoms with E-state index in [0.717, 1.165) is 34.9 Å². The molecule has 0 fully saturated rings. The van der Waals surface area contributed by atoms with Gasteiger partial charge in [-0.2, -0.15) is 0 Å². The summed E-state index contributed by atoms with van der Waals surface area (Å²) in [6, 6.07) is 7.72. The Bertz CT molecular complexity index is 1350. The van der Waals surface area contributed by atoms with Crippen LogP contribution in [0.15, 0.2) is 29.1 Å². The van der Waals surface area contributed by atoms with Gasteiger partial charge in [0.25, 0.3) is 5.56 Å². The number of carbonyl (C=O) groups is 1. The zero-order valence-electron chi connectivity index (χ0n) is 17.0. The van der Waals surface area contributed by atoms with E-state index in [1.807, 2.05) is 12.1 Å². The van der Waals surface area contributed by atoms with Crippen molar-refractivity contribution in [3.05, 3.63) is 62.4 Å². The summed E-state index contributed by atoms with van der Waals surface area (Å²) in [4.78, 5) is 30.6. The molecule has 4 heterocycles. The zero-order chi connectivity index (χ0) is 20.8. The number of aryl methyl sites for hydroxylation is 1. The summed E-state index contributed by atoms with van der Waals surface area (Å²) >= 11 is 0. The number of aromatic nitrogens is 2. The quantitative estimate of drug-likeness (QED) is 0.441. The highest BCUT2D eigenvalue weighted by Crippen LogP contribution is 2.44. The Balaban J connectivity index is 0.00000204. The third-order valence-corrected chi connectivity index (χ3v) is 6.94. The molecule has 0 amide bonds. The number of cyclic esters (lactones) is 1. The summed E-state index contributed by atoms with van der Waals surface area (Å²) in [5.74, 6) is -0.715.